The fourth-order valence-electron chi connectivity index (χ4n) is 2.39. The van der Waals surface area contributed by atoms with Crippen molar-refractivity contribution in [3.05, 3.63) is 24.3 Å². The van der Waals surface area contributed by atoms with Gasteiger partial charge >= 0.3 is 0 Å². The summed E-state index contributed by atoms with van der Waals surface area (Å²) in [6, 6.07) is 8.94. The minimum atomic E-state index is 0.446. The molecule has 1 aliphatic rings. The first-order valence-corrected chi connectivity index (χ1v) is 6.12. The Balaban J connectivity index is 1.75. The fraction of sp³-hybridized carbons (Fsp3) is 0.462. The van der Waals surface area contributed by atoms with Crippen molar-refractivity contribution in [3.8, 4) is 0 Å². The maximum Gasteiger partial charge on any atom is 0.295 e. The van der Waals surface area contributed by atoms with Crippen molar-refractivity contribution < 1.29 is 4.42 Å². The molecule has 2 heterocycles. The normalized spacial score (nSPS) is 21.8. The zero-order valence-corrected chi connectivity index (χ0v) is 10.0. The molecule has 2 aromatic rings. The molecule has 1 atom stereocenters. The van der Waals surface area contributed by atoms with E-state index in [9.17, 15) is 0 Å². The van der Waals surface area contributed by atoms with Gasteiger partial charge in [0.25, 0.3) is 6.01 Å². The number of fused-ring (bicyclic) bond motifs is 1. The summed E-state index contributed by atoms with van der Waals surface area (Å²) in [7, 11) is 2.15. The number of likely N-dealkylation sites (N-methyl/N-ethyl adjacent to an activating group) is 1. The fourth-order valence-corrected chi connectivity index (χ4v) is 2.39. The van der Waals surface area contributed by atoms with E-state index in [0.29, 0.717) is 12.1 Å². The van der Waals surface area contributed by atoms with Crippen LogP contribution in [0, 0.1) is 0 Å². The van der Waals surface area contributed by atoms with Crippen molar-refractivity contribution >= 4 is 17.1 Å². The zero-order chi connectivity index (χ0) is 11.7. The summed E-state index contributed by atoms with van der Waals surface area (Å²) >= 11 is 0. The molecule has 0 bridgehead atoms. The summed E-state index contributed by atoms with van der Waals surface area (Å²) in [4.78, 5) is 6.77. The number of nitrogens with zero attached hydrogens (tertiary/aromatic N) is 2. The molecule has 1 aromatic heterocycles. The van der Waals surface area contributed by atoms with Crippen LogP contribution in [0.4, 0.5) is 6.01 Å². The van der Waals surface area contributed by atoms with E-state index < -0.39 is 0 Å². The Kier molecular flexibility index (Phi) is 2.73. The molecule has 3 rings (SSSR count). The van der Waals surface area contributed by atoms with Gasteiger partial charge < -0.3 is 14.6 Å². The van der Waals surface area contributed by atoms with Crippen LogP contribution in [0.3, 0.4) is 0 Å². The smallest absolute Gasteiger partial charge is 0.295 e. The molecule has 0 saturated carbocycles. The van der Waals surface area contributed by atoms with E-state index in [2.05, 4.69) is 22.2 Å². The third kappa shape index (κ3) is 2.26. The van der Waals surface area contributed by atoms with Gasteiger partial charge in [0.05, 0.1) is 0 Å². The Morgan fingerprint density at radius 3 is 3.12 bits per heavy atom. The van der Waals surface area contributed by atoms with E-state index in [4.69, 9.17) is 4.42 Å². The maximum atomic E-state index is 5.67. The lowest BCUT2D eigenvalue weighted by Crippen LogP contribution is -2.39. The van der Waals surface area contributed by atoms with Gasteiger partial charge in [-0.25, -0.2) is 0 Å². The summed E-state index contributed by atoms with van der Waals surface area (Å²) in [6.07, 6.45) is 2.41. The SMILES string of the molecule is CN1CCCC(Nc2nc3ccccc3o2)C1. The lowest BCUT2D eigenvalue weighted by molar-refractivity contribution is 0.259. The number of benzene rings is 1. The second-order valence-electron chi connectivity index (χ2n) is 4.73. The van der Waals surface area contributed by atoms with Gasteiger partial charge in [-0.3, -0.25) is 0 Å². The van der Waals surface area contributed by atoms with Gasteiger partial charge in [-0.15, -0.1) is 0 Å². The third-order valence-corrected chi connectivity index (χ3v) is 3.25. The Hall–Kier alpha value is -1.55. The zero-order valence-electron chi connectivity index (χ0n) is 10.0. The standard InChI is InChI=1S/C13H17N3O/c1-16-8-4-5-10(9-16)14-13-15-11-6-2-3-7-12(11)17-13/h2-3,6-7,10H,4-5,8-9H2,1H3,(H,14,15). The molecule has 1 aromatic carbocycles. The van der Waals surface area contributed by atoms with Crippen molar-refractivity contribution in [2.75, 3.05) is 25.5 Å². The first-order chi connectivity index (χ1) is 8.31. The molecule has 0 radical (unpaired) electrons. The van der Waals surface area contributed by atoms with Crippen LogP contribution in [0.25, 0.3) is 11.1 Å². The van der Waals surface area contributed by atoms with Crippen LogP contribution in [-0.4, -0.2) is 36.1 Å². The van der Waals surface area contributed by atoms with Crippen LogP contribution in [0.15, 0.2) is 28.7 Å². The van der Waals surface area contributed by atoms with Crippen LogP contribution in [0.5, 0.6) is 0 Å². The predicted octanol–water partition coefficient (Wildman–Crippen LogP) is 2.33. The number of aromatic nitrogens is 1. The van der Waals surface area contributed by atoms with E-state index >= 15 is 0 Å². The van der Waals surface area contributed by atoms with Crippen molar-refractivity contribution in [2.24, 2.45) is 0 Å². The van der Waals surface area contributed by atoms with Gasteiger partial charge in [-0.1, -0.05) is 12.1 Å². The van der Waals surface area contributed by atoms with Crippen molar-refractivity contribution in [2.45, 2.75) is 18.9 Å². The summed E-state index contributed by atoms with van der Waals surface area (Å²) in [5.41, 5.74) is 1.76. The van der Waals surface area contributed by atoms with Crippen LogP contribution in [0.2, 0.25) is 0 Å². The second-order valence-corrected chi connectivity index (χ2v) is 4.73. The number of piperidine rings is 1. The maximum absolute atomic E-state index is 5.67. The molecule has 1 unspecified atom stereocenters. The summed E-state index contributed by atoms with van der Waals surface area (Å²) in [5.74, 6) is 0. The summed E-state index contributed by atoms with van der Waals surface area (Å²) < 4.78 is 5.67. The highest BCUT2D eigenvalue weighted by Crippen LogP contribution is 2.20. The van der Waals surface area contributed by atoms with Crippen molar-refractivity contribution in [1.29, 1.82) is 0 Å². The largest absolute Gasteiger partial charge is 0.424 e. The molecular weight excluding hydrogens is 214 g/mol. The quantitative estimate of drug-likeness (QED) is 0.861. The van der Waals surface area contributed by atoms with E-state index in [1.54, 1.807) is 0 Å². The van der Waals surface area contributed by atoms with E-state index in [1.807, 2.05) is 24.3 Å². The molecule has 0 amide bonds. The number of hydrogen-bond donors (Lipinski definition) is 1. The summed E-state index contributed by atoms with van der Waals surface area (Å²) in [6.45, 7) is 2.24. The number of para-hydroxylation sites is 2. The lowest BCUT2D eigenvalue weighted by Gasteiger charge is -2.29. The van der Waals surface area contributed by atoms with Gasteiger partial charge in [0.15, 0.2) is 5.58 Å². The Bertz CT molecular complexity index is 475. The molecule has 17 heavy (non-hydrogen) atoms. The number of oxazole rings is 1. The van der Waals surface area contributed by atoms with E-state index in [-0.39, 0.29) is 0 Å². The van der Waals surface area contributed by atoms with E-state index in [0.717, 1.165) is 17.6 Å². The molecule has 0 aliphatic carbocycles. The molecule has 1 fully saturated rings. The van der Waals surface area contributed by atoms with Crippen LogP contribution >= 0.6 is 0 Å². The van der Waals surface area contributed by atoms with Gasteiger partial charge in [0.1, 0.15) is 5.52 Å². The van der Waals surface area contributed by atoms with Crippen LogP contribution in [0.1, 0.15) is 12.8 Å². The molecule has 4 heteroatoms. The average Bonchev–Trinajstić information content (AvgIpc) is 2.71. The van der Waals surface area contributed by atoms with Crippen molar-refractivity contribution in [1.82, 2.24) is 9.88 Å². The van der Waals surface area contributed by atoms with Crippen LogP contribution < -0.4 is 5.32 Å². The van der Waals surface area contributed by atoms with Gasteiger partial charge in [-0.2, -0.15) is 4.98 Å². The molecule has 4 nitrogen and oxygen atoms in total. The third-order valence-electron chi connectivity index (χ3n) is 3.25. The number of nitrogens with one attached hydrogen (secondary N) is 1. The Morgan fingerprint density at radius 2 is 2.29 bits per heavy atom. The highest BCUT2D eigenvalue weighted by Gasteiger charge is 2.18. The molecule has 90 valence electrons. The van der Waals surface area contributed by atoms with Gasteiger partial charge in [0.2, 0.25) is 0 Å². The Morgan fingerprint density at radius 1 is 1.41 bits per heavy atom. The molecule has 1 N–H and O–H groups in total. The highest BCUT2D eigenvalue weighted by molar-refractivity contribution is 5.74. The molecular formula is C13H17N3O. The topological polar surface area (TPSA) is 41.3 Å². The second kappa shape index (κ2) is 4.37. The number of likely N-dealkylation sites (tertiary alicyclic amines) is 1. The Labute approximate surface area is 101 Å². The number of rotatable bonds is 2. The monoisotopic (exact) mass is 231 g/mol. The van der Waals surface area contributed by atoms with Crippen molar-refractivity contribution in [3.63, 3.8) is 0 Å². The highest BCUT2D eigenvalue weighted by atomic mass is 16.4. The lowest BCUT2D eigenvalue weighted by atomic mass is 10.1. The minimum absolute atomic E-state index is 0.446. The molecule has 0 spiro atoms. The molecule has 1 saturated heterocycles. The first-order valence-electron chi connectivity index (χ1n) is 6.12. The first kappa shape index (κ1) is 10.6. The summed E-state index contributed by atoms with van der Waals surface area (Å²) in [5, 5.41) is 3.38. The predicted molar refractivity (Wildman–Crippen MR) is 68.2 cm³/mol. The number of hydrogen-bond acceptors (Lipinski definition) is 4. The van der Waals surface area contributed by atoms with Gasteiger partial charge in [0, 0.05) is 12.6 Å². The number of anilines is 1. The van der Waals surface area contributed by atoms with Crippen LogP contribution in [-0.2, 0) is 0 Å². The van der Waals surface area contributed by atoms with E-state index in [1.165, 1.54) is 19.4 Å². The average molecular weight is 231 g/mol. The minimum Gasteiger partial charge on any atom is -0.424 e. The van der Waals surface area contributed by atoms with Gasteiger partial charge in [-0.05, 0) is 38.6 Å². The molecule has 1 aliphatic heterocycles.